The van der Waals surface area contributed by atoms with E-state index >= 15 is 0 Å². The van der Waals surface area contributed by atoms with Crippen LogP contribution in [0.15, 0.2) is 72.9 Å². The molecule has 5 aromatic rings. The summed E-state index contributed by atoms with van der Waals surface area (Å²) in [6, 6.07) is 23.8. The summed E-state index contributed by atoms with van der Waals surface area (Å²) in [6.45, 7) is 0. The second-order valence-electron chi connectivity index (χ2n) is 6.86. The van der Waals surface area contributed by atoms with Crippen LogP contribution < -0.4 is 11.5 Å². The van der Waals surface area contributed by atoms with Gasteiger partial charge in [0.1, 0.15) is 23.1 Å². The van der Waals surface area contributed by atoms with E-state index in [4.69, 9.17) is 16.5 Å². The zero-order valence-corrected chi connectivity index (χ0v) is 16.3. The number of rotatable bonds is 3. The highest BCUT2D eigenvalue weighted by molar-refractivity contribution is 5.83. The van der Waals surface area contributed by atoms with Gasteiger partial charge in [-0.2, -0.15) is 15.3 Å². The van der Waals surface area contributed by atoms with Gasteiger partial charge in [0.25, 0.3) is 0 Å². The highest BCUT2D eigenvalue weighted by atomic mass is 15.3. The molecule has 5 rings (SSSR count). The molecular weight excluding hydrogens is 388 g/mol. The molecule has 148 valence electrons. The van der Waals surface area contributed by atoms with Gasteiger partial charge in [0.15, 0.2) is 5.65 Å². The highest BCUT2D eigenvalue weighted by Crippen LogP contribution is 2.33. The summed E-state index contributed by atoms with van der Waals surface area (Å²) in [5.41, 5.74) is 16.6. The van der Waals surface area contributed by atoms with Crippen molar-refractivity contribution in [1.29, 1.82) is 5.26 Å². The summed E-state index contributed by atoms with van der Waals surface area (Å²) >= 11 is 0. The molecule has 0 bridgehead atoms. The smallest absolute Gasteiger partial charge is 0.221 e. The predicted octanol–water partition coefficient (Wildman–Crippen LogP) is 3.56. The molecule has 0 fully saturated rings. The third-order valence-electron chi connectivity index (χ3n) is 4.93. The third-order valence-corrected chi connectivity index (χ3v) is 4.93. The topological polar surface area (TPSA) is 132 Å². The van der Waals surface area contributed by atoms with Crippen molar-refractivity contribution >= 4 is 17.4 Å². The Balaban J connectivity index is 1.86. The highest BCUT2D eigenvalue weighted by Gasteiger charge is 2.22. The summed E-state index contributed by atoms with van der Waals surface area (Å²) in [7, 11) is 0. The molecule has 3 aromatic heterocycles. The van der Waals surface area contributed by atoms with Gasteiger partial charge in [-0.1, -0.05) is 60.7 Å². The van der Waals surface area contributed by atoms with Gasteiger partial charge < -0.3 is 11.5 Å². The van der Waals surface area contributed by atoms with Gasteiger partial charge in [-0.25, -0.2) is 14.5 Å². The van der Waals surface area contributed by atoms with Gasteiger partial charge in [-0.3, -0.25) is 0 Å². The van der Waals surface area contributed by atoms with Crippen molar-refractivity contribution in [2.45, 2.75) is 0 Å². The largest absolute Gasteiger partial charge is 0.383 e. The van der Waals surface area contributed by atoms with E-state index in [1.807, 2.05) is 66.7 Å². The van der Waals surface area contributed by atoms with Crippen LogP contribution in [0.1, 0.15) is 5.56 Å². The number of nitrogens with two attached hydrogens (primary N) is 2. The Bertz CT molecular complexity index is 1450. The Morgan fingerprint density at radius 3 is 2.19 bits per heavy atom. The van der Waals surface area contributed by atoms with E-state index in [-0.39, 0.29) is 17.3 Å². The van der Waals surface area contributed by atoms with Gasteiger partial charge >= 0.3 is 0 Å². The van der Waals surface area contributed by atoms with Crippen LogP contribution in [0.3, 0.4) is 0 Å². The van der Waals surface area contributed by atoms with Crippen LogP contribution in [0.25, 0.3) is 39.4 Å². The minimum atomic E-state index is 0.0537. The number of hydrogen-bond donors (Lipinski definition) is 2. The maximum absolute atomic E-state index is 9.99. The van der Waals surface area contributed by atoms with Gasteiger partial charge in [-0.15, -0.1) is 0 Å². The number of nitrogen functional groups attached to an aromatic ring is 2. The first-order valence-electron chi connectivity index (χ1n) is 9.49. The Morgan fingerprint density at radius 2 is 1.55 bits per heavy atom. The van der Waals surface area contributed by atoms with Crippen molar-refractivity contribution in [1.82, 2.24) is 24.6 Å². The molecule has 0 saturated carbocycles. The predicted molar refractivity (Wildman–Crippen MR) is 118 cm³/mol. The molecule has 0 amide bonds. The van der Waals surface area contributed by atoms with Gasteiger partial charge in [0, 0.05) is 17.3 Å². The fraction of sp³-hybridized carbons (Fsp3) is 0. The van der Waals surface area contributed by atoms with Crippen LogP contribution in [0.2, 0.25) is 0 Å². The number of fused-ring (bicyclic) bond motifs is 1. The molecule has 8 heteroatoms. The molecule has 0 aliphatic heterocycles. The van der Waals surface area contributed by atoms with Crippen LogP contribution in [-0.2, 0) is 0 Å². The maximum Gasteiger partial charge on any atom is 0.221 e. The summed E-state index contributed by atoms with van der Waals surface area (Å²) < 4.78 is 1.66. The lowest BCUT2D eigenvalue weighted by Gasteiger charge is -2.08. The number of aromatic nitrogens is 5. The van der Waals surface area contributed by atoms with Crippen molar-refractivity contribution in [3.63, 3.8) is 0 Å². The van der Waals surface area contributed by atoms with E-state index in [2.05, 4.69) is 21.1 Å². The molecule has 31 heavy (non-hydrogen) atoms. The number of benzene rings is 2. The van der Waals surface area contributed by atoms with Crippen molar-refractivity contribution in [3.05, 3.63) is 78.5 Å². The van der Waals surface area contributed by atoms with E-state index < -0.39 is 0 Å². The Labute approximate surface area is 177 Å². The SMILES string of the molecule is N#Cc1c(-c2cnc(N)nc2N)nn2c(-c3ccccc3)cc(-c3ccccc3)nc12. The number of anilines is 2. The molecule has 0 spiro atoms. The molecule has 3 heterocycles. The second kappa shape index (κ2) is 7.24. The molecule has 0 atom stereocenters. The fourth-order valence-electron chi connectivity index (χ4n) is 3.47. The van der Waals surface area contributed by atoms with Gasteiger partial charge in [0.2, 0.25) is 5.95 Å². The van der Waals surface area contributed by atoms with Crippen LogP contribution >= 0.6 is 0 Å². The molecule has 4 N–H and O–H groups in total. The Kier molecular flexibility index (Phi) is 4.27. The summed E-state index contributed by atoms with van der Waals surface area (Å²) in [5.74, 6) is 0.204. The van der Waals surface area contributed by atoms with Crippen LogP contribution in [0.4, 0.5) is 11.8 Å². The molecule has 0 radical (unpaired) electrons. The van der Waals surface area contributed by atoms with Gasteiger partial charge in [-0.05, 0) is 6.07 Å². The van der Waals surface area contributed by atoms with E-state index in [0.29, 0.717) is 16.9 Å². The third kappa shape index (κ3) is 3.10. The summed E-state index contributed by atoms with van der Waals surface area (Å²) in [4.78, 5) is 12.8. The van der Waals surface area contributed by atoms with Crippen LogP contribution in [-0.4, -0.2) is 24.6 Å². The van der Waals surface area contributed by atoms with E-state index in [0.717, 1.165) is 22.5 Å². The first kappa shape index (κ1) is 18.3. The monoisotopic (exact) mass is 404 g/mol. The van der Waals surface area contributed by atoms with E-state index in [1.54, 1.807) is 4.52 Å². The summed E-state index contributed by atoms with van der Waals surface area (Å²) in [5, 5.41) is 14.7. The van der Waals surface area contributed by atoms with E-state index in [1.165, 1.54) is 6.20 Å². The quantitative estimate of drug-likeness (QED) is 0.470. The number of nitriles is 1. The van der Waals surface area contributed by atoms with Crippen molar-refractivity contribution in [3.8, 4) is 39.8 Å². The van der Waals surface area contributed by atoms with Crippen molar-refractivity contribution < 1.29 is 0 Å². The molecule has 0 saturated heterocycles. The van der Waals surface area contributed by atoms with Crippen LogP contribution in [0, 0.1) is 11.3 Å². The molecule has 2 aromatic carbocycles. The lowest BCUT2D eigenvalue weighted by molar-refractivity contribution is 0.952. The lowest BCUT2D eigenvalue weighted by Crippen LogP contribution is -2.02. The van der Waals surface area contributed by atoms with E-state index in [9.17, 15) is 5.26 Å². The van der Waals surface area contributed by atoms with Crippen molar-refractivity contribution in [2.75, 3.05) is 11.5 Å². The Morgan fingerprint density at radius 1 is 0.871 bits per heavy atom. The molecule has 0 aliphatic rings. The zero-order chi connectivity index (χ0) is 21.4. The first-order valence-corrected chi connectivity index (χ1v) is 9.49. The number of nitrogens with zero attached hydrogens (tertiary/aromatic N) is 6. The standard InChI is InChI=1S/C23H16N8/c24-12-16-20(17-13-27-23(26)29-21(17)25)30-31-19(15-9-5-2-6-10-15)11-18(28-22(16)31)14-7-3-1-4-8-14/h1-11,13H,(H4,25,26,27,29). The van der Waals surface area contributed by atoms with Crippen molar-refractivity contribution in [2.24, 2.45) is 0 Å². The Hall–Kier alpha value is -4.77. The molecule has 0 unspecified atom stereocenters. The maximum atomic E-state index is 9.99. The summed E-state index contributed by atoms with van der Waals surface area (Å²) in [6.07, 6.45) is 1.47. The normalized spacial score (nSPS) is 10.8. The lowest BCUT2D eigenvalue weighted by atomic mass is 10.1. The fourth-order valence-corrected chi connectivity index (χ4v) is 3.47. The average Bonchev–Trinajstić information content (AvgIpc) is 3.17. The van der Waals surface area contributed by atoms with Crippen LogP contribution in [0.5, 0.6) is 0 Å². The first-order chi connectivity index (χ1) is 15.2. The minimum Gasteiger partial charge on any atom is -0.383 e. The second-order valence-corrected chi connectivity index (χ2v) is 6.86. The minimum absolute atomic E-state index is 0.0537. The number of hydrogen-bond acceptors (Lipinski definition) is 7. The molecular formula is C23H16N8. The average molecular weight is 404 g/mol. The zero-order valence-electron chi connectivity index (χ0n) is 16.3. The molecule has 8 nitrogen and oxygen atoms in total. The van der Waals surface area contributed by atoms with Gasteiger partial charge in [0.05, 0.1) is 17.0 Å². The molecule has 0 aliphatic carbocycles.